The molecule has 2 rings (SSSR count). The average Bonchev–Trinajstić information content (AvgIpc) is 2.82. The quantitative estimate of drug-likeness (QED) is 0.823. The second kappa shape index (κ2) is 6.40. The van der Waals surface area contributed by atoms with Crippen LogP contribution in [0.5, 0.6) is 0 Å². The van der Waals surface area contributed by atoms with Gasteiger partial charge in [0.25, 0.3) is 0 Å². The summed E-state index contributed by atoms with van der Waals surface area (Å²) in [7, 11) is 4.28. The average molecular weight is 261 g/mol. The molecule has 0 spiro atoms. The van der Waals surface area contributed by atoms with Gasteiger partial charge in [-0.25, -0.2) is 0 Å². The summed E-state index contributed by atoms with van der Waals surface area (Å²) in [6.45, 7) is 7.69. The highest BCUT2D eigenvalue weighted by molar-refractivity contribution is 5.61. The van der Waals surface area contributed by atoms with Gasteiger partial charge in [-0.2, -0.15) is 0 Å². The van der Waals surface area contributed by atoms with E-state index in [1.807, 2.05) is 0 Å². The molecule has 1 aliphatic heterocycles. The van der Waals surface area contributed by atoms with Gasteiger partial charge in [0.2, 0.25) is 0 Å². The number of rotatable bonds is 6. The zero-order chi connectivity index (χ0) is 13.8. The number of para-hydroxylation sites is 1. The maximum Gasteiger partial charge on any atom is 0.0419 e. The monoisotopic (exact) mass is 261 g/mol. The van der Waals surface area contributed by atoms with Gasteiger partial charge in [-0.1, -0.05) is 32.0 Å². The molecule has 1 heterocycles. The Balaban J connectivity index is 1.99. The summed E-state index contributed by atoms with van der Waals surface area (Å²) in [5, 5.41) is 7.23. The van der Waals surface area contributed by atoms with Crippen molar-refractivity contribution in [1.82, 2.24) is 10.2 Å². The number of hydrogen-bond acceptors (Lipinski definition) is 3. The van der Waals surface area contributed by atoms with Gasteiger partial charge in [0.1, 0.15) is 0 Å². The van der Waals surface area contributed by atoms with E-state index >= 15 is 0 Å². The molecule has 2 N–H and O–H groups in total. The minimum Gasteiger partial charge on any atom is -0.384 e. The summed E-state index contributed by atoms with van der Waals surface area (Å²) >= 11 is 0. The number of fused-ring (bicyclic) bond motifs is 1. The van der Waals surface area contributed by atoms with Crippen molar-refractivity contribution in [1.29, 1.82) is 0 Å². The highest BCUT2D eigenvalue weighted by Crippen LogP contribution is 2.26. The Bertz CT molecular complexity index is 412. The van der Waals surface area contributed by atoms with Crippen molar-refractivity contribution in [2.75, 3.05) is 32.5 Å². The normalized spacial score (nSPS) is 15.7. The van der Waals surface area contributed by atoms with Gasteiger partial charge in [-0.3, -0.25) is 0 Å². The first-order valence-corrected chi connectivity index (χ1v) is 7.30. The molecule has 0 aromatic heterocycles. The molecule has 1 aliphatic rings. The van der Waals surface area contributed by atoms with Crippen molar-refractivity contribution >= 4 is 5.69 Å². The van der Waals surface area contributed by atoms with E-state index in [-0.39, 0.29) is 0 Å². The molecule has 0 saturated carbocycles. The van der Waals surface area contributed by atoms with Crippen LogP contribution in [0.3, 0.4) is 0 Å². The van der Waals surface area contributed by atoms with Gasteiger partial charge in [0, 0.05) is 31.4 Å². The molecular weight excluding hydrogens is 234 g/mol. The molecule has 0 saturated heterocycles. The van der Waals surface area contributed by atoms with Crippen LogP contribution in [0.1, 0.15) is 25.0 Å². The minimum absolute atomic E-state index is 0.534. The number of nitrogens with one attached hydrogen (secondary N) is 2. The fraction of sp³-hybridized carbons (Fsp3) is 0.625. The summed E-state index contributed by atoms with van der Waals surface area (Å²) in [6.07, 6.45) is 1.16. The number of benzene rings is 1. The molecule has 1 aromatic rings. The standard InChI is InChI=1S/C16H27N3/c1-12(2)15(11-19(3)4)18-10-14-7-5-6-13-8-9-17-16(13)14/h5-7,12,15,17-18H,8-11H2,1-4H3. The first kappa shape index (κ1) is 14.4. The fourth-order valence-corrected chi connectivity index (χ4v) is 2.70. The molecular formula is C16H27N3. The molecule has 1 unspecified atom stereocenters. The van der Waals surface area contributed by atoms with Crippen LogP contribution in [0.15, 0.2) is 18.2 Å². The van der Waals surface area contributed by atoms with Gasteiger partial charge in [0.05, 0.1) is 0 Å². The number of likely N-dealkylation sites (N-methyl/N-ethyl adjacent to an activating group) is 1. The molecule has 0 fully saturated rings. The van der Waals surface area contributed by atoms with Crippen LogP contribution in [0.25, 0.3) is 0 Å². The molecule has 3 heteroatoms. The Morgan fingerprint density at radius 1 is 1.32 bits per heavy atom. The summed E-state index contributed by atoms with van der Waals surface area (Å²) in [5.41, 5.74) is 4.23. The number of anilines is 1. The Morgan fingerprint density at radius 3 is 2.79 bits per heavy atom. The van der Waals surface area contributed by atoms with E-state index in [1.54, 1.807) is 0 Å². The predicted molar refractivity (Wildman–Crippen MR) is 82.7 cm³/mol. The van der Waals surface area contributed by atoms with Crippen LogP contribution >= 0.6 is 0 Å². The molecule has 0 bridgehead atoms. The number of nitrogens with zero attached hydrogens (tertiary/aromatic N) is 1. The van der Waals surface area contributed by atoms with Crippen molar-refractivity contribution in [3.8, 4) is 0 Å². The van der Waals surface area contributed by atoms with Gasteiger partial charge < -0.3 is 15.5 Å². The van der Waals surface area contributed by atoms with E-state index in [0.29, 0.717) is 12.0 Å². The molecule has 1 aromatic carbocycles. The van der Waals surface area contributed by atoms with Crippen LogP contribution in [-0.2, 0) is 13.0 Å². The van der Waals surface area contributed by atoms with Gasteiger partial charge in [0.15, 0.2) is 0 Å². The Morgan fingerprint density at radius 2 is 2.11 bits per heavy atom. The Labute approximate surface area is 117 Å². The third-order valence-electron chi connectivity index (χ3n) is 3.85. The lowest BCUT2D eigenvalue weighted by Crippen LogP contribution is -2.41. The maximum atomic E-state index is 3.71. The summed E-state index contributed by atoms with van der Waals surface area (Å²) in [4.78, 5) is 2.26. The van der Waals surface area contributed by atoms with E-state index in [4.69, 9.17) is 0 Å². The van der Waals surface area contributed by atoms with E-state index < -0.39 is 0 Å². The first-order chi connectivity index (χ1) is 9.08. The van der Waals surface area contributed by atoms with Crippen LogP contribution in [0, 0.1) is 5.92 Å². The van der Waals surface area contributed by atoms with Crippen molar-refractivity contribution in [3.63, 3.8) is 0 Å². The van der Waals surface area contributed by atoms with E-state index in [1.165, 1.54) is 16.8 Å². The zero-order valence-electron chi connectivity index (χ0n) is 12.7. The zero-order valence-corrected chi connectivity index (χ0v) is 12.7. The lowest BCUT2D eigenvalue weighted by molar-refractivity contribution is 0.288. The van der Waals surface area contributed by atoms with E-state index in [0.717, 1.165) is 26.1 Å². The molecule has 19 heavy (non-hydrogen) atoms. The van der Waals surface area contributed by atoms with Crippen LogP contribution < -0.4 is 10.6 Å². The van der Waals surface area contributed by atoms with E-state index in [2.05, 4.69) is 61.7 Å². The maximum absolute atomic E-state index is 3.71. The molecule has 106 valence electrons. The van der Waals surface area contributed by atoms with Gasteiger partial charge in [-0.15, -0.1) is 0 Å². The van der Waals surface area contributed by atoms with Crippen molar-refractivity contribution in [2.45, 2.75) is 32.9 Å². The Hall–Kier alpha value is -1.06. The van der Waals surface area contributed by atoms with Gasteiger partial charge in [-0.05, 0) is 37.6 Å². The fourth-order valence-electron chi connectivity index (χ4n) is 2.70. The van der Waals surface area contributed by atoms with Crippen LogP contribution in [0.4, 0.5) is 5.69 Å². The lowest BCUT2D eigenvalue weighted by atomic mass is 10.0. The summed E-state index contributed by atoms with van der Waals surface area (Å²) in [6, 6.07) is 7.18. The molecule has 0 radical (unpaired) electrons. The van der Waals surface area contributed by atoms with Crippen LogP contribution in [-0.4, -0.2) is 38.1 Å². The lowest BCUT2D eigenvalue weighted by Gasteiger charge is -2.26. The highest BCUT2D eigenvalue weighted by Gasteiger charge is 2.17. The Kier molecular flexibility index (Phi) is 4.83. The van der Waals surface area contributed by atoms with Crippen molar-refractivity contribution < 1.29 is 0 Å². The number of hydrogen-bond donors (Lipinski definition) is 2. The third-order valence-corrected chi connectivity index (χ3v) is 3.85. The summed E-state index contributed by atoms with van der Waals surface area (Å²) in [5.74, 6) is 0.645. The predicted octanol–water partition coefficient (Wildman–Crippen LogP) is 2.33. The highest BCUT2D eigenvalue weighted by atomic mass is 15.1. The molecule has 0 aliphatic carbocycles. The second-order valence-corrected chi connectivity index (χ2v) is 6.12. The SMILES string of the molecule is CC(C)C(CN(C)C)NCc1cccc2c1NCC2. The topological polar surface area (TPSA) is 27.3 Å². The van der Waals surface area contributed by atoms with E-state index in [9.17, 15) is 0 Å². The molecule has 0 amide bonds. The molecule has 1 atom stereocenters. The first-order valence-electron chi connectivity index (χ1n) is 7.30. The second-order valence-electron chi connectivity index (χ2n) is 6.12. The van der Waals surface area contributed by atoms with Crippen molar-refractivity contribution in [2.24, 2.45) is 5.92 Å². The van der Waals surface area contributed by atoms with Crippen LogP contribution in [0.2, 0.25) is 0 Å². The van der Waals surface area contributed by atoms with Crippen molar-refractivity contribution in [3.05, 3.63) is 29.3 Å². The third kappa shape index (κ3) is 3.71. The minimum atomic E-state index is 0.534. The smallest absolute Gasteiger partial charge is 0.0419 e. The largest absolute Gasteiger partial charge is 0.384 e. The summed E-state index contributed by atoms with van der Waals surface area (Å²) < 4.78 is 0. The van der Waals surface area contributed by atoms with Gasteiger partial charge >= 0.3 is 0 Å². The molecule has 3 nitrogen and oxygen atoms in total.